The largest absolute Gasteiger partial charge is 0.456 e. The van der Waals surface area contributed by atoms with Gasteiger partial charge in [-0.05, 0) is 164 Å². The minimum Gasteiger partial charge on any atom is -0.456 e. The van der Waals surface area contributed by atoms with E-state index in [0.717, 1.165) is 33.6 Å². The van der Waals surface area contributed by atoms with Gasteiger partial charge in [0.25, 0.3) is 0 Å². The first-order valence-electron chi connectivity index (χ1n) is 23.2. The molecule has 0 saturated carbocycles. The summed E-state index contributed by atoms with van der Waals surface area (Å²) in [5.41, 5.74) is 21.9. The van der Waals surface area contributed by atoms with Gasteiger partial charge in [0.2, 0.25) is 0 Å². The highest BCUT2D eigenvalue weighted by Crippen LogP contribution is 2.58. The average Bonchev–Trinajstić information content (AvgIpc) is 3.73. The summed E-state index contributed by atoms with van der Waals surface area (Å²) in [4.78, 5) is 0. The summed E-state index contributed by atoms with van der Waals surface area (Å²) in [7, 11) is 0. The Labute approximate surface area is 389 Å². The first kappa shape index (κ1) is 37.6. The molecular formula is C66H40O. The summed E-state index contributed by atoms with van der Waals surface area (Å²) in [5.74, 6) is 1.77. The fourth-order valence-corrected chi connectivity index (χ4v) is 11.2. The van der Waals surface area contributed by atoms with Gasteiger partial charge in [-0.1, -0.05) is 200 Å². The van der Waals surface area contributed by atoms with Crippen LogP contribution in [-0.2, 0) is 0 Å². The summed E-state index contributed by atoms with van der Waals surface area (Å²) in [6.45, 7) is 0. The monoisotopic (exact) mass is 848 g/mol. The molecule has 2 aliphatic rings. The molecule has 1 heterocycles. The summed E-state index contributed by atoms with van der Waals surface area (Å²) < 4.78 is 6.71. The van der Waals surface area contributed by atoms with E-state index in [-0.39, 0.29) is 0 Å². The molecule has 12 aromatic rings. The van der Waals surface area contributed by atoms with E-state index in [4.69, 9.17) is 4.74 Å². The third kappa shape index (κ3) is 5.88. The van der Waals surface area contributed by atoms with Crippen LogP contribution in [0.25, 0.3) is 132 Å². The van der Waals surface area contributed by atoms with Crippen LogP contribution in [0.1, 0.15) is 0 Å². The van der Waals surface area contributed by atoms with Crippen molar-refractivity contribution >= 4 is 32.3 Å². The first-order valence-corrected chi connectivity index (χ1v) is 23.2. The summed E-state index contributed by atoms with van der Waals surface area (Å²) in [6.07, 6.45) is 0. The molecule has 1 heteroatoms. The Bertz CT molecular complexity index is 3970. The van der Waals surface area contributed by atoms with E-state index in [1.807, 2.05) is 0 Å². The summed E-state index contributed by atoms with van der Waals surface area (Å²) >= 11 is 0. The molecule has 0 aromatic heterocycles. The van der Waals surface area contributed by atoms with Crippen molar-refractivity contribution in [3.05, 3.63) is 243 Å². The van der Waals surface area contributed by atoms with Crippen molar-refractivity contribution in [1.29, 1.82) is 0 Å². The van der Waals surface area contributed by atoms with E-state index in [1.54, 1.807) is 0 Å². The van der Waals surface area contributed by atoms with Crippen molar-refractivity contribution in [3.63, 3.8) is 0 Å². The minimum absolute atomic E-state index is 0.874. The quantitative estimate of drug-likeness (QED) is 0.162. The van der Waals surface area contributed by atoms with Crippen molar-refractivity contribution in [2.75, 3.05) is 0 Å². The number of hydrogen-bond acceptors (Lipinski definition) is 1. The Kier molecular flexibility index (Phi) is 8.35. The zero-order valence-electron chi connectivity index (χ0n) is 36.5. The molecule has 0 radical (unpaired) electrons. The van der Waals surface area contributed by atoms with E-state index in [9.17, 15) is 0 Å². The number of benzene rings is 12. The van der Waals surface area contributed by atoms with E-state index in [1.165, 1.54) is 110 Å². The molecule has 0 saturated heterocycles. The third-order valence-corrected chi connectivity index (χ3v) is 14.2. The van der Waals surface area contributed by atoms with E-state index in [2.05, 4.69) is 243 Å². The molecule has 0 bridgehead atoms. The van der Waals surface area contributed by atoms with Crippen molar-refractivity contribution < 1.29 is 4.74 Å². The van der Waals surface area contributed by atoms with Crippen molar-refractivity contribution in [2.45, 2.75) is 0 Å². The Morgan fingerprint density at radius 1 is 0.209 bits per heavy atom. The molecule has 67 heavy (non-hydrogen) atoms. The molecule has 1 aliphatic heterocycles. The molecule has 0 fully saturated rings. The smallest absolute Gasteiger partial charge is 0.135 e. The van der Waals surface area contributed by atoms with Crippen molar-refractivity contribution in [1.82, 2.24) is 0 Å². The van der Waals surface area contributed by atoms with Gasteiger partial charge in [0.1, 0.15) is 11.5 Å². The maximum Gasteiger partial charge on any atom is 0.135 e. The maximum absolute atomic E-state index is 6.71. The van der Waals surface area contributed by atoms with Crippen LogP contribution >= 0.6 is 0 Å². The van der Waals surface area contributed by atoms with E-state index in [0.29, 0.717) is 0 Å². The Hall–Kier alpha value is -8.78. The van der Waals surface area contributed by atoms with Crippen molar-refractivity contribution in [3.8, 4) is 112 Å². The second-order valence-electron chi connectivity index (χ2n) is 17.9. The van der Waals surface area contributed by atoms with Crippen LogP contribution in [0.5, 0.6) is 11.5 Å². The van der Waals surface area contributed by atoms with Gasteiger partial charge in [0.05, 0.1) is 0 Å². The Morgan fingerprint density at radius 2 is 0.687 bits per heavy atom. The molecule has 0 spiro atoms. The first-order chi connectivity index (χ1) is 33.2. The lowest BCUT2D eigenvalue weighted by molar-refractivity contribution is 0.487. The van der Waals surface area contributed by atoms with Crippen LogP contribution in [0, 0.1) is 0 Å². The predicted octanol–water partition coefficient (Wildman–Crippen LogP) is 18.6. The molecule has 14 rings (SSSR count). The number of hydrogen-bond donors (Lipinski definition) is 0. The van der Waals surface area contributed by atoms with Crippen molar-refractivity contribution in [2.24, 2.45) is 0 Å². The molecule has 310 valence electrons. The standard InChI is InChI=1S/C66H40O/c1-4-16-41(17-5-1)48-37-49(39-50(38-48)46-32-34-59-58(40-46)55-29-15-28-52-51(42-18-6-2-7-19-42)33-35-60(67-59)64(52)55)45-24-12-25-47(36-45)63-54-27-11-10-26-53(54)62(44-20-8-3-9-21-44)65-56-30-13-22-43-23-14-31-57(61(43)56)66(63)65/h1-40H. The molecule has 0 unspecified atom stereocenters. The highest BCUT2D eigenvalue weighted by Gasteiger charge is 2.30. The van der Waals surface area contributed by atoms with Gasteiger partial charge in [-0.15, -0.1) is 0 Å². The molecule has 0 N–H and O–H groups in total. The number of fused-ring (bicyclic) bond motifs is 6. The van der Waals surface area contributed by atoms with Gasteiger partial charge in [0.15, 0.2) is 0 Å². The van der Waals surface area contributed by atoms with Crippen LogP contribution in [0.4, 0.5) is 0 Å². The number of rotatable bonds is 6. The molecular weight excluding hydrogens is 809 g/mol. The van der Waals surface area contributed by atoms with Crippen LogP contribution in [-0.4, -0.2) is 0 Å². The molecule has 1 aliphatic carbocycles. The molecule has 0 atom stereocenters. The second kappa shape index (κ2) is 14.9. The minimum atomic E-state index is 0.874. The second-order valence-corrected chi connectivity index (χ2v) is 17.9. The van der Waals surface area contributed by atoms with Crippen LogP contribution < -0.4 is 4.74 Å². The zero-order chi connectivity index (χ0) is 44.0. The highest BCUT2D eigenvalue weighted by atomic mass is 16.5. The van der Waals surface area contributed by atoms with Crippen LogP contribution in [0.15, 0.2) is 243 Å². The van der Waals surface area contributed by atoms with Crippen LogP contribution in [0.2, 0.25) is 0 Å². The van der Waals surface area contributed by atoms with Gasteiger partial charge in [-0.25, -0.2) is 0 Å². The lowest BCUT2D eigenvalue weighted by Crippen LogP contribution is -1.98. The maximum atomic E-state index is 6.71. The lowest BCUT2D eigenvalue weighted by atomic mass is 9.82. The van der Waals surface area contributed by atoms with E-state index >= 15 is 0 Å². The summed E-state index contributed by atoms with van der Waals surface area (Å²) in [5, 5.41) is 7.46. The molecule has 0 amide bonds. The van der Waals surface area contributed by atoms with Gasteiger partial charge in [-0.3, -0.25) is 0 Å². The topological polar surface area (TPSA) is 9.23 Å². The van der Waals surface area contributed by atoms with Gasteiger partial charge < -0.3 is 4.74 Å². The molecule has 12 aromatic carbocycles. The Morgan fingerprint density at radius 3 is 1.37 bits per heavy atom. The van der Waals surface area contributed by atoms with Gasteiger partial charge >= 0.3 is 0 Å². The fraction of sp³-hybridized carbons (Fsp3) is 0. The predicted molar refractivity (Wildman–Crippen MR) is 282 cm³/mol. The van der Waals surface area contributed by atoms with Crippen LogP contribution in [0.3, 0.4) is 0 Å². The highest BCUT2D eigenvalue weighted by molar-refractivity contribution is 6.27. The zero-order valence-corrected chi connectivity index (χ0v) is 36.5. The molecule has 1 nitrogen and oxygen atoms in total. The van der Waals surface area contributed by atoms with E-state index < -0.39 is 0 Å². The third-order valence-electron chi connectivity index (χ3n) is 14.2. The average molecular weight is 849 g/mol. The lowest BCUT2D eigenvalue weighted by Gasteiger charge is -2.23. The Balaban J connectivity index is 0.961. The van der Waals surface area contributed by atoms with Gasteiger partial charge in [0, 0.05) is 10.9 Å². The summed E-state index contributed by atoms with van der Waals surface area (Å²) in [6, 6.07) is 89.0. The van der Waals surface area contributed by atoms with Gasteiger partial charge in [-0.2, -0.15) is 0 Å². The fourth-order valence-electron chi connectivity index (χ4n) is 11.2. The SMILES string of the molecule is c1ccc(-c2cc(-c3cccc(-c4c5c(c(-c6ccccc6)c6ccccc46)-c4cccc6cccc-5c46)c3)cc(-c3ccc4c(c3)-c3cccc5c(-c6ccccc6)ccc(c35)O4)c2)cc1. The number of ether oxygens (including phenoxy) is 1. The normalized spacial score (nSPS) is 12.0.